The molecule has 0 aromatic carbocycles. The minimum atomic E-state index is 0.775. The van der Waals surface area contributed by atoms with Crippen LogP contribution in [0.3, 0.4) is 0 Å². The standard InChI is InChI=1S/C10H19N/c1-8-5-6-9(2)10(8)4-3-7-11/h5-6,8-10H,3-4,7,11H2,1-2H3. The predicted octanol–water partition coefficient (Wildman–Crippen LogP) is 2.18. The summed E-state index contributed by atoms with van der Waals surface area (Å²) in [5.74, 6) is 2.41. The maximum absolute atomic E-state index is 5.48. The molecule has 0 saturated heterocycles. The van der Waals surface area contributed by atoms with E-state index in [-0.39, 0.29) is 0 Å². The fourth-order valence-electron chi connectivity index (χ4n) is 1.99. The van der Waals surface area contributed by atoms with Crippen molar-refractivity contribution >= 4 is 0 Å². The molecule has 0 heterocycles. The first-order valence-corrected chi connectivity index (χ1v) is 4.64. The maximum atomic E-state index is 5.48. The molecule has 0 bridgehead atoms. The number of nitrogens with two attached hydrogens (primary N) is 1. The van der Waals surface area contributed by atoms with Gasteiger partial charge in [0.2, 0.25) is 0 Å². The molecule has 1 rings (SSSR count). The van der Waals surface area contributed by atoms with E-state index in [1.165, 1.54) is 12.8 Å². The Balaban J connectivity index is 2.33. The highest BCUT2D eigenvalue weighted by atomic mass is 14.5. The van der Waals surface area contributed by atoms with Gasteiger partial charge in [-0.1, -0.05) is 26.0 Å². The molecular formula is C10H19N. The van der Waals surface area contributed by atoms with Gasteiger partial charge < -0.3 is 5.73 Å². The molecule has 1 aliphatic carbocycles. The molecular weight excluding hydrogens is 134 g/mol. The van der Waals surface area contributed by atoms with Crippen molar-refractivity contribution in [1.29, 1.82) is 0 Å². The molecule has 0 saturated carbocycles. The van der Waals surface area contributed by atoms with Crippen molar-refractivity contribution in [2.75, 3.05) is 6.54 Å². The van der Waals surface area contributed by atoms with Gasteiger partial charge in [-0.3, -0.25) is 0 Å². The fourth-order valence-corrected chi connectivity index (χ4v) is 1.99. The van der Waals surface area contributed by atoms with Gasteiger partial charge in [-0.15, -0.1) is 0 Å². The van der Waals surface area contributed by atoms with Crippen LogP contribution in [-0.2, 0) is 0 Å². The van der Waals surface area contributed by atoms with E-state index in [0.717, 1.165) is 24.3 Å². The van der Waals surface area contributed by atoms with Crippen molar-refractivity contribution in [2.24, 2.45) is 23.5 Å². The summed E-state index contributed by atoms with van der Waals surface area (Å²) in [5, 5.41) is 0. The minimum absolute atomic E-state index is 0.775. The average molecular weight is 153 g/mol. The molecule has 0 aliphatic heterocycles. The Bertz CT molecular complexity index is 128. The van der Waals surface area contributed by atoms with E-state index in [1.807, 2.05) is 0 Å². The van der Waals surface area contributed by atoms with Gasteiger partial charge in [0.1, 0.15) is 0 Å². The summed E-state index contributed by atoms with van der Waals surface area (Å²) in [5.41, 5.74) is 5.48. The molecule has 2 unspecified atom stereocenters. The van der Waals surface area contributed by atoms with Crippen LogP contribution < -0.4 is 5.73 Å². The maximum Gasteiger partial charge on any atom is -0.00772 e. The Morgan fingerprint density at radius 1 is 1.18 bits per heavy atom. The SMILES string of the molecule is CC1C=CC(C)C1CCCN. The molecule has 2 atom stereocenters. The normalized spacial score (nSPS) is 36.5. The van der Waals surface area contributed by atoms with Crippen LogP contribution in [0.5, 0.6) is 0 Å². The van der Waals surface area contributed by atoms with Crippen LogP contribution in [0.1, 0.15) is 26.7 Å². The molecule has 0 aromatic heterocycles. The van der Waals surface area contributed by atoms with E-state index in [4.69, 9.17) is 5.73 Å². The Morgan fingerprint density at radius 2 is 1.73 bits per heavy atom. The third kappa shape index (κ3) is 2.06. The summed E-state index contributed by atoms with van der Waals surface area (Å²) in [6.07, 6.45) is 7.16. The second-order valence-electron chi connectivity index (χ2n) is 3.70. The summed E-state index contributed by atoms with van der Waals surface area (Å²) >= 11 is 0. The Morgan fingerprint density at radius 3 is 2.18 bits per heavy atom. The third-order valence-electron chi connectivity index (χ3n) is 2.81. The highest BCUT2D eigenvalue weighted by Gasteiger charge is 2.24. The molecule has 1 heteroatoms. The molecule has 0 radical (unpaired) electrons. The third-order valence-corrected chi connectivity index (χ3v) is 2.81. The van der Waals surface area contributed by atoms with E-state index in [9.17, 15) is 0 Å². The van der Waals surface area contributed by atoms with Crippen molar-refractivity contribution in [3.8, 4) is 0 Å². The lowest BCUT2D eigenvalue weighted by atomic mass is 9.86. The molecule has 1 aliphatic rings. The van der Waals surface area contributed by atoms with Gasteiger partial charge in [-0.2, -0.15) is 0 Å². The van der Waals surface area contributed by atoms with Crippen LogP contribution in [-0.4, -0.2) is 6.54 Å². The van der Waals surface area contributed by atoms with Gasteiger partial charge in [0.25, 0.3) is 0 Å². The Labute approximate surface area is 69.7 Å². The van der Waals surface area contributed by atoms with Crippen molar-refractivity contribution in [3.05, 3.63) is 12.2 Å². The second kappa shape index (κ2) is 3.91. The van der Waals surface area contributed by atoms with E-state index in [1.54, 1.807) is 0 Å². The summed E-state index contributed by atoms with van der Waals surface area (Å²) in [7, 11) is 0. The van der Waals surface area contributed by atoms with Crippen LogP contribution in [0.2, 0.25) is 0 Å². The first kappa shape index (κ1) is 8.79. The van der Waals surface area contributed by atoms with Gasteiger partial charge in [0, 0.05) is 0 Å². The van der Waals surface area contributed by atoms with E-state index < -0.39 is 0 Å². The number of allylic oxidation sites excluding steroid dienone is 2. The highest BCUT2D eigenvalue weighted by Crippen LogP contribution is 2.33. The van der Waals surface area contributed by atoms with E-state index in [2.05, 4.69) is 26.0 Å². The topological polar surface area (TPSA) is 26.0 Å². The first-order chi connectivity index (χ1) is 5.25. The van der Waals surface area contributed by atoms with E-state index in [0.29, 0.717) is 0 Å². The van der Waals surface area contributed by atoms with Crippen molar-refractivity contribution < 1.29 is 0 Å². The van der Waals surface area contributed by atoms with Crippen LogP contribution in [0.15, 0.2) is 12.2 Å². The Hall–Kier alpha value is -0.300. The van der Waals surface area contributed by atoms with Crippen LogP contribution >= 0.6 is 0 Å². The van der Waals surface area contributed by atoms with Crippen molar-refractivity contribution in [1.82, 2.24) is 0 Å². The molecule has 11 heavy (non-hydrogen) atoms. The summed E-state index contributed by atoms with van der Waals surface area (Å²) in [6.45, 7) is 5.46. The zero-order valence-corrected chi connectivity index (χ0v) is 7.59. The predicted molar refractivity (Wildman–Crippen MR) is 49.2 cm³/mol. The second-order valence-corrected chi connectivity index (χ2v) is 3.70. The molecule has 0 amide bonds. The quantitative estimate of drug-likeness (QED) is 0.618. The van der Waals surface area contributed by atoms with Crippen molar-refractivity contribution in [2.45, 2.75) is 26.7 Å². The number of rotatable bonds is 3. The van der Waals surface area contributed by atoms with Crippen LogP contribution in [0, 0.1) is 17.8 Å². The fraction of sp³-hybridized carbons (Fsp3) is 0.800. The molecule has 0 fully saturated rings. The van der Waals surface area contributed by atoms with Crippen LogP contribution in [0.4, 0.5) is 0 Å². The monoisotopic (exact) mass is 153 g/mol. The molecule has 1 nitrogen and oxygen atoms in total. The highest BCUT2D eigenvalue weighted by molar-refractivity contribution is 5.03. The van der Waals surface area contributed by atoms with Gasteiger partial charge in [0.05, 0.1) is 0 Å². The first-order valence-electron chi connectivity index (χ1n) is 4.64. The van der Waals surface area contributed by atoms with Crippen molar-refractivity contribution in [3.63, 3.8) is 0 Å². The number of hydrogen-bond acceptors (Lipinski definition) is 1. The van der Waals surface area contributed by atoms with Crippen LogP contribution in [0.25, 0.3) is 0 Å². The lowest BCUT2D eigenvalue weighted by molar-refractivity contribution is 0.338. The zero-order chi connectivity index (χ0) is 8.27. The molecule has 0 aromatic rings. The Kier molecular flexibility index (Phi) is 3.13. The summed E-state index contributed by atoms with van der Waals surface area (Å²) in [6, 6.07) is 0. The lowest BCUT2D eigenvalue weighted by Crippen LogP contribution is -2.13. The van der Waals surface area contributed by atoms with E-state index >= 15 is 0 Å². The summed E-state index contributed by atoms with van der Waals surface area (Å²) < 4.78 is 0. The lowest BCUT2D eigenvalue weighted by Gasteiger charge is -2.19. The van der Waals surface area contributed by atoms with Gasteiger partial charge >= 0.3 is 0 Å². The van der Waals surface area contributed by atoms with Gasteiger partial charge in [0.15, 0.2) is 0 Å². The molecule has 2 N–H and O–H groups in total. The smallest absolute Gasteiger partial charge is 0.00772 e. The van der Waals surface area contributed by atoms with Gasteiger partial charge in [-0.25, -0.2) is 0 Å². The largest absolute Gasteiger partial charge is 0.330 e. The van der Waals surface area contributed by atoms with Gasteiger partial charge in [-0.05, 0) is 37.1 Å². The summed E-state index contributed by atoms with van der Waals surface area (Å²) in [4.78, 5) is 0. The average Bonchev–Trinajstić information content (AvgIpc) is 2.29. The molecule has 64 valence electrons. The zero-order valence-electron chi connectivity index (χ0n) is 7.59. The molecule has 0 spiro atoms. The minimum Gasteiger partial charge on any atom is -0.330 e. The number of hydrogen-bond donors (Lipinski definition) is 1.